The molecule has 0 bridgehead atoms. The molecule has 8 heteroatoms. The summed E-state index contributed by atoms with van der Waals surface area (Å²) in [4.78, 5) is 27.9. The van der Waals surface area contributed by atoms with Crippen LogP contribution in [0, 0.1) is 0 Å². The molecule has 34 heavy (non-hydrogen) atoms. The molecule has 0 spiro atoms. The molecule has 0 aliphatic heterocycles. The second-order valence-electron chi connectivity index (χ2n) is 7.43. The Morgan fingerprint density at radius 2 is 1.03 bits per heavy atom. The summed E-state index contributed by atoms with van der Waals surface area (Å²) < 4.78 is 22.1. The molecule has 0 aromatic heterocycles. The molecule has 178 valence electrons. The number of carbonyl (C=O) groups excluding carboxylic acids is 2. The Balaban J connectivity index is 2.02. The zero-order valence-corrected chi connectivity index (χ0v) is 20.7. The first kappa shape index (κ1) is 26.4. The predicted octanol–water partition coefficient (Wildman–Crippen LogP) is 4.78. The molecule has 2 aromatic carbocycles. The van der Waals surface area contributed by atoms with Crippen molar-refractivity contribution in [3.05, 3.63) is 109 Å². The molecule has 0 atom stereocenters. The van der Waals surface area contributed by atoms with E-state index < -0.39 is 8.25 Å². The maximum atomic E-state index is 12.5. The Morgan fingerprint density at radius 3 is 1.35 bits per heavy atom. The number of carbonyl (C=O) groups is 2. The third-order valence-electron chi connectivity index (χ3n) is 4.45. The Bertz CT molecular complexity index is 1020. The third-order valence-corrected chi connectivity index (χ3v) is 5.11. The van der Waals surface area contributed by atoms with Gasteiger partial charge in [0.2, 0.25) is 0 Å². The van der Waals surface area contributed by atoms with Crippen LogP contribution in [0.4, 0.5) is 0 Å². The number of rotatable bonds is 10. The van der Waals surface area contributed by atoms with Crippen LogP contribution in [0.5, 0.6) is 0 Å². The van der Waals surface area contributed by atoms with Crippen molar-refractivity contribution >= 4 is 31.2 Å². The summed E-state index contributed by atoms with van der Waals surface area (Å²) >= 11 is 0. The molecule has 2 aromatic rings. The maximum absolute atomic E-state index is 12.5. The smallest absolute Gasteiger partial charge is 0.417 e. The van der Waals surface area contributed by atoms with E-state index in [2.05, 4.69) is 0 Å². The lowest BCUT2D eigenvalue weighted by atomic mass is 10.0. The van der Waals surface area contributed by atoms with E-state index in [9.17, 15) is 14.2 Å². The van der Waals surface area contributed by atoms with E-state index in [1.54, 1.807) is 40.3 Å². The summed E-state index contributed by atoms with van der Waals surface area (Å²) in [6.45, 7) is 0. The molecule has 0 unspecified atom stereocenters. The largest absolute Gasteiger partial charge is 0.426 e. The summed E-state index contributed by atoms with van der Waals surface area (Å²) in [6.07, 6.45) is 8.57. The quantitative estimate of drug-likeness (QED) is 0.212. The second kappa shape index (κ2) is 13.7. The standard InChI is InChI=1S/C26H29N2O5P/c1-27(2)25(29)23(21-13-7-5-8-14-21)17-11-19-32-34(31)33-20-12-18-24(26(30)28(3)4)22-15-9-6-10-16-22/h5-20,34H,1-4H3/b19-11+,20-12+,23-17-,24-18-. The molecule has 0 aliphatic rings. The third kappa shape index (κ3) is 8.26. The zero-order valence-electron chi connectivity index (χ0n) is 19.7. The van der Waals surface area contributed by atoms with Gasteiger partial charge in [0.1, 0.15) is 0 Å². The van der Waals surface area contributed by atoms with E-state index in [0.717, 1.165) is 11.1 Å². The number of likely N-dealkylation sites (N-methyl/N-ethyl adjacent to an activating group) is 2. The van der Waals surface area contributed by atoms with E-state index in [4.69, 9.17) is 9.05 Å². The van der Waals surface area contributed by atoms with Gasteiger partial charge in [-0.1, -0.05) is 60.7 Å². The van der Waals surface area contributed by atoms with Gasteiger partial charge in [-0.3, -0.25) is 9.59 Å². The average Bonchev–Trinajstić information content (AvgIpc) is 2.84. The topological polar surface area (TPSA) is 76.1 Å². The molecule has 0 aliphatic carbocycles. The monoisotopic (exact) mass is 480 g/mol. The Kier molecular flexibility index (Phi) is 10.6. The number of hydrogen-bond acceptors (Lipinski definition) is 5. The second-order valence-corrected chi connectivity index (χ2v) is 8.41. The first-order valence-corrected chi connectivity index (χ1v) is 11.7. The lowest BCUT2D eigenvalue weighted by Crippen LogP contribution is -2.22. The zero-order chi connectivity index (χ0) is 24.9. The first-order valence-electron chi connectivity index (χ1n) is 10.5. The fourth-order valence-corrected chi connectivity index (χ4v) is 3.22. The first-order chi connectivity index (χ1) is 16.3. The van der Waals surface area contributed by atoms with Gasteiger partial charge in [0.25, 0.3) is 11.8 Å². The average molecular weight is 481 g/mol. The van der Waals surface area contributed by atoms with Gasteiger partial charge in [0.15, 0.2) is 0 Å². The van der Waals surface area contributed by atoms with Crippen molar-refractivity contribution in [1.29, 1.82) is 0 Å². The van der Waals surface area contributed by atoms with Crippen molar-refractivity contribution in [3.63, 3.8) is 0 Å². The molecule has 2 amide bonds. The summed E-state index contributed by atoms with van der Waals surface area (Å²) in [5.74, 6) is -0.341. The van der Waals surface area contributed by atoms with Crippen molar-refractivity contribution in [2.75, 3.05) is 28.2 Å². The Morgan fingerprint density at radius 1 is 0.676 bits per heavy atom. The minimum atomic E-state index is -2.86. The molecule has 0 saturated carbocycles. The number of benzene rings is 2. The minimum absolute atomic E-state index is 0.170. The molecule has 0 fully saturated rings. The summed E-state index contributed by atoms with van der Waals surface area (Å²) in [7, 11) is 3.82. The van der Waals surface area contributed by atoms with Crippen LogP contribution >= 0.6 is 8.25 Å². The van der Waals surface area contributed by atoms with E-state index >= 15 is 0 Å². The highest BCUT2D eigenvalue weighted by Crippen LogP contribution is 2.25. The fraction of sp³-hybridized carbons (Fsp3) is 0.154. The van der Waals surface area contributed by atoms with Gasteiger partial charge in [-0.25, -0.2) is 4.57 Å². The number of nitrogens with zero attached hydrogens (tertiary/aromatic N) is 2. The molecule has 0 N–H and O–H groups in total. The van der Waals surface area contributed by atoms with E-state index in [1.165, 1.54) is 34.5 Å². The summed E-state index contributed by atoms with van der Waals surface area (Å²) in [6, 6.07) is 18.4. The number of amides is 2. The highest BCUT2D eigenvalue weighted by atomic mass is 31.1. The molecular formula is C26H29N2O5P. The summed E-state index contributed by atoms with van der Waals surface area (Å²) in [5, 5.41) is 0. The lowest BCUT2D eigenvalue weighted by Gasteiger charge is -2.13. The Labute approximate surface area is 201 Å². The lowest BCUT2D eigenvalue weighted by molar-refractivity contribution is -0.123. The van der Waals surface area contributed by atoms with E-state index in [-0.39, 0.29) is 11.8 Å². The fourth-order valence-electron chi connectivity index (χ4n) is 2.79. The van der Waals surface area contributed by atoms with Crippen LogP contribution < -0.4 is 0 Å². The molecule has 0 saturated heterocycles. The normalized spacial score (nSPS) is 12.3. The van der Waals surface area contributed by atoms with Gasteiger partial charge in [0, 0.05) is 39.3 Å². The van der Waals surface area contributed by atoms with Gasteiger partial charge in [-0.15, -0.1) is 0 Å². The SMILES string of the molecule is CN(C)C(=O)/C(=C\C=C\O[PH](=O)O/C=C/C=C(\C(=O)N(C)C)c1ccccc1)c1ccccc1. The van der Waals surface area contributed by atoms with Crippen LogP contribution in [0.25, 0.3) is 11.1 Å². The minimum Gasteiger partial charge on any atom is -0.426 e. The number of hydrogen-bond donors (Lipinski definition) is 0. The highest BCUT2D eigenvalue weighted by molar-refractivity contribution is 7.33. The van der Waals surface area contributed by atoms with Crippen LogP contribution in [-0.2, 0) is 23.2 Å². The van der Waals surface area contributed by atoms with Gasteiger partial charge in [0.05, 0.1) is 12.5 Å². The van der Waals surface area contributed by atoms with Crippen LogP contribution in [0.1, 0.15) is 11.1 Å². The van der Waals surface area contributed by atoms with Crippen molar-refractivity contribution in [3.8, 4) is 0 Å². The summed E-state index contributed by atoms with van der Waals surface area (Å²) in [5.41, 5.74) is 2.45. The Hall–Kier alpha value is -3.83. The molecule has 0 radical (unpaired) electrons. The van der Waals surface area contributed by atoms with Crippen molar-refractivity contribution in [2.45, 2.75) is 0 Å². The predicted molar refractivity (Wildman–Crippen MR) is 136 cm³/mol. The number of allylic oxidation sites excluding steroid dienone is 4. The maximum Gasteiger partial charge on any atom is 0.417 e. The van der Waals surface area contributed by atoms with Crippen molar-refractivity contribution in [1.82, 2.24) is 9.80 Å². The van der Waals surface area contributed by atoms with Crippen molar-refractivity contribution < 1.29 is 23.2 Å². The van der Waals surface area contributed by atoms with Gasteiger partial charge < -0.3 is 18.8 Å². The van der Waals surface area contributed by atoms with Crippen LogP contribution in [0.3, 0.4) is 0 Å². The van der Waals surface area contributed by atoms with E-state index in [0.29, 0.717) is 11.1 Å². The van der Waals surface area contributed by atoms with Crippen LogP contribution in [0.15, 0.2) is 97.5 Å². The van der Waals surface area contributed by atoms with Crippen LogP contribution in [-0.4, -0.2) is 49.8 Å². The molecule has 0 heterocycles. The van der Waals surface area contributed by atoms with E-state index in [1.807, 2.05) is 60.7 Å². The van der Waals surface area contributed by atoms with Gasteiger partial charge in [-0.05, 0) is 35.4 Å². The highest BCUT2D eigenvalue weighted by Gasteiger charge is 2.13. The molecule has 7 nitrogen and oxygen atoms in total. The van der Waals surface area contributed by atoms with Crippen molar-refractivity contribution in [2.24, 2.45) is 0 Å². The van der Waals surface area contributed by atoms with Gasteiger partial charge >= 0.3 is 8.25 Å². The van der Waals surface area contributed by atoms with Crippen LogP contribution in [0.2, 0.25) is 0 Å². The molecule has 2 rings (SSSR count). The molecular weight excluding hydrogens is 451 g/mol. The van der Waals surface area contributed by atoms with Gasteiger partial charge in [-0.2, -0.15) is 0 Å².